The molecule has 2 aliphatic carbocycles. The molecule has 0 heterocycles. The minimum Gasteiger partial charge on any atom is -0.0622 e. The normalized spacial score (nSPS) is 23.9. The van der Waals surface area contributed by atoms with Crippen LogP contribution in [0.15, 0.2) is 121 Å². The van der Waals surface area contributed by atoms with Crippen LogP contribution in [0.25, 0.3) is 0 Å². The molecule has 0 aliphatic heterocycles. The lowest BCUT2D eigenvalue weighted by Crippen LogP contribution is -2.31. The molecule has 4 aromatic carbocycles. The van der Waals surface area contributed by atoms with Crippen LogP contribution in [-0.2, 0) is 0 Å². The van der Waals surface area contributed by atoms with Gasteiger partial charge in [-0.3, -0.25) is 0 Å². The molecule has 2 fully saturated rings. The van der Waals surface area contributed by atoms with Gasteiger partial charge in [0.05, 0.1) is 30.2 Å². The Labute approximate surface area is 225 Å². The van der Waals surface area contributed by atoms with Gasteiger partial charge in [-0.2, -0.15) is 0 Å². The van der Waals surface area contributed by atoms with Crippen molar-refractivity contribution in [3.63, 3.8) is 0 Å². The topological polar surface area (TPSA) is 0 Å². The fraction of sp³-hybridized carbons (Fsp3) is 0.314. The van der Waals surface area contributed by atoms with Gasteiger partial charge in [-0.1, -0.05) is 103 Å². The molecule has 0 amide bonds. The molecule has 2 saturated carbocycles. The van der Waals surface area contributed by atoms with Crippen LogP contribution in [-0.4, -0.2) is 18.0 Å². The lowest BCUT2D eigenvalue weighted by molar-refractivity contribution is 0.353. The molecule has 188 valence electrons. The molecule has 3 unspecified atom stereocenters. The van der Waals surface area contributed by atoms with Gasteiger partial charge in [-0.15, -0.1) is 0 Å². The SMILES string of the molecule is C[P+](c1ccccc1)(c1ccccc1)[C@H]1CCC(C2CCCC2P(c2ccccc2)c2ccccc2)C1. The molecular weight excluding hydrogens is 482 g/mol. The van der Waals surface area contributed by atoms with Gasteiger partial charge in [0.1, 0.15) is 0 Å². The predicted molar refractivity (Wildman–Crippen MR) is 166 cm³/mol. The molecule has 0 aromatic heterocycles. The van der Waals surface area contributed by atoms with Crippen LogP contribution < -0.4 is 21.2 Å². The van der Waals surface area contributed by atoms with E-state index in [0.717, 1.165) is 23.2 Å². The van der Waals surface area contributed by atoms with Gasteiger partial charge in [0.25, 0.3) is 0 Å². The zero-order chi connectivity index (χ0) is 25.1. The van der Waals surface area contributed by atoms with Crippen molar-refractivity contribution in [3.05, 3.63) is 121 Å². The number of rotatable bonds is 7. The largest absolute Gasteiger partial charge is 0.0991 e. The fourth-order valence-electron chi connectivity index (χ4n) is 7.44. The van der Waals surface area contributed by atoms with E-state index in [2.05, 4.69) is 128 Å². The lowest BCUT2D eigenvalue weighted by atomic mass is 9.89. The van der Waals surface area contributed by atoms with Gasteiger partial charge in [0.2, 0.25) is 0 Å². The van der Waals surface area contributed by atoms with Crippen molar-refractivity contribution in [2.45, 2.75) is 49.8 Å². The van der Waals surface area contributed by atoms with Crippen LogP contribution in [0.3, 0.4) is 0 Å². The highest BCUT2D eigenvalue weighted by molar-refractivity contribution is 7.89. The summed E-state index contributed by atoms with van der Waals surface area (Å²) in [6.07, 6.45) is 8.42. The summed E-state index contributed by atoms with van der Waals surface area (Å²) in [5.74, 6) is 1.72. The van der Waals surface area contributed by atoms with Gasteiger partial charge in [-0.05, 0) is 92.4 Å². The summed E-state index contributed by atoms with van der Waals surface area (Å²) in [6, 6.07) is 46.0. The average molecular weight is 522 g/mol. The maximum Gasteiger partial charge on any atom is 0.0991 e. The second-order valence-corrected chi connectivity index (χ2v) is 17.5. The highest BCUT2D eigenvalue weighted by Crippen LogP contribution is 2.65. The molecule has 0 bridgehead atoms. The Hall–Kier alpha value is -2.26. The molecule has 0 N–H and O–H groups in total. The molecule has 4 aromatic rings. The summed E-state index contributed by atoms with van der Waals surface area (Å²) in [5, 5.41) is 6.32. The average Bonchev–Trinajstić information content (AvgIpc) is 3.66. The van der Waals surface area contributed by atoms with Crippen molar-refractivity contribution in [2.24, 2.45) is 11.8 Å². The molecule has 2 heteroatoms. The minimum atomic E-state index is -1.45. The van der Waals surface area contributed by atoms with E-state index in [4.69, 9.17) is 0 Å². The summed E-state index contributed by atoms with van der Waals surface area (Å²) in [5.41, 5.74) is 1.60. The van der Waals surface area contributed by atoms with Crippen LogP contribution >= 0.6 is 15.2 Å². The van der Waals surface area contributed by atoms with E-state index in [1.807, 2.05) is 0 Å². The van der Waals surface area contributed by atoms with Gasteiger partial charge < -0.3 is 0 Å². The van der Waals surface area contributed by atoms with Crippen molar-refractivity contribution < 1.29 is 0 Å². The third-order valence-electron chi connectivity index (χ3n) is 9.30. The van der Waals surface area contributed by atoms with Crippen LogP contribution in [0.2, 0.25) is 0 Å². The molecule has 2 aliphatic rings. The Kier molecular flexibility index (Phi) is 7.60. The summed E-state index contributed by atoms with van der Waals surface area (Å²) in [4.78, 5) is 0. The predicted octanol–water partition coefficient (Wildman–Crippen LogP) is 7.76. The van der Waals surface area contributed by atoms with E-state index in [0.29, 0.717) is 0 Å². The highest BCUT2D eigenvalue weighted by Gasteiger charge is 2.51. The molecule has 0 nitrogen and oxygen atoms in total. The number of benzene rings is 4. The van der Waals surface area contributed by atoms with E-state index < -0.39 is 7.26 Å². The van der Waals surface area contributed by atoms with Crippen LogP contribution in [0.5, 0.6) is 0 Å². The Bertz CT molecular complexity index is 1180. The first-order chi connectivity index (χ1) is 18.2. The Morgan fingerprint density at radius 2 is 1.05 bits per heavy atom. The number of hydrogen-bond acceptors (Lipinski definition) is 0. The van der Waals surface area contributed by atoms with Gasteiger partial charge in [0, 0.05) is 0 Å². The van der Waals surface area contributed by atoms with Crippen LogP contribution in [0, 0.1) is 11.8 Å². The quantitative estimate of drug-likeness (QED) is 0.218. The first-order valence-electron chi connectivity index (χ1n) is 14.1. The van der Waals surface area contributed by atoms with E-state index in [9.17, 15) is 0 Å². The van der Waals surface area contributed by atoms with Crippen LogP contribution in [0.4, 0.5) is 0 Å². The molecule has 37 heavy (non-hydrogen) atoms. The van der Waals surface area contributed by atoms with E-state index >= 15 is 0 Å². The van der Waals surface area contributed by atoms with Crippen molar-refractivity contribution in [1.29, 1.82) is 0 Å². The Morgan fingerprint density at radius 1 is 0.568 bits per heavy atom. The molecule has 4 atom stereocenters. The van der Waals surface area contributed by atoms with Crippen molar-refractivity contribution in [2.75, 3.05) is 6.66 Å². The maximum absolute atomic E-state index is 2.64. The van der Waals surface area contributed by atoms with Gasteiger partial charge in [-0.25, -0.2) is 0 Å². The van der Waals surface area contributed by atoms with E-state index in [-0.39, 0.29) is 7.92 Å². The smallest absolute Gasteiger partial charge is 0.0622 e. The van der Waals surface area contributed by atoms with Crippen molar-refractivity contribution in [1.82, 2.24) is 0 Å². The lowest BCUT2D eigenvalue weighted by Gasteiger charge is -2.34. The molecule has 0 radical (unpaired) electrons. The summed E-state index contributed by atoms with van der Waals surface area (Å²) in [7, 11) is -1.78. The molecular formula is C35H39P2+. The third-order valence-corrected chi connectivity index (χ3v) is 17.0. The van der Waals surface area contributed by atoms with E-state index in [1.165, 1.54) is 38.5 Å². The molecule has 6 rings (SSSR count). The minimum absolute atomic E-state index is 0.328. The van der Waals surface area contributed by atoms with E-state index in [1.54, 1.807) is 21.2 Å². The summed E-state index contributed by atoms with van der Waals surface area (Å²) >= 11 is 0. The second-order valence-electron chi connectivity index (χ2n) is 11.2. The zero-order valence-corrected chi connectivity index (χ0v) is 23.8. The number of hydrogen-bond donors (Lipinski definition) is 0. The Morgan fingerprint density at radius 3 is 1.57 bits per heavy atom. The van der Waals surface area contributed by atoms with Gasteiger partial charge >= 0.3 is 0 Å². The maximum atomic E-state index is 2.64. The van der Waals surface area contributed by atoms with Crippen molar-refractivity contribution >= 4 is 36.4 Å². The highest BCUT2D eigenvalue weighted by atomic mass is 31.2. The first-order valence-corrected chi connectivity index (χ1v) is 17.8. The van der Waals surface area contributed by atoms with Gasteiger partial charge in [0.15, 0.2) is 0 Å². The zero-order valence-electron chi connectivity index (χ0n) is 22.0. The standard InChI is InChI=1S/C35H39P2/c1-37(31-19-10-4-11-20-31,32-21-12-5-13-22-32)33-26-25-28(27-33)34-23-14-24-35(34)36(29-15-6-2-7-16-29)30-17-8-3-9-18-30/h2-13,15-22,28,33-35H,14,23-27H2,1H3/q+1/t28?,33-,34?,35?/m0/s1. The molecule has 0 saturated heterocycles. The summed E-state index contributed by atoms with van der Waals surface area (Å²) in [6.45, 7) is 2.64. The monoisotopic (exact) mass is 521 g/mol. The fourth-order valence-corrected chi connectivity index (χ4v) is 14.8. The summed E-state index contributed by atoms with van der Waals surface area (Å²) < 4.78 is 0. The Balaban J connectivity index is 1.31. The third kappa shape index (κ3) is 4.97. The van der Waals surface area contributed by atoms with Crippen LogP contribution in [0.1, 0.15) is 38.5 Å². The molecule has 0 spiro atoms. The second kappa shape index (κ2) is 11.2. The van der Waals surface area contributed by atoms with Crippen molar-refractivity contribution in [3.8, 4) is 0 Å². The first kappa shape index (κ1) is 25.0.